The Morgan fingerprint density at radius 2 is 1.54 bits per heavy atom. The maximum absolute atomic E-state index is 9.21. The van der Waals surface area contributed by atoms with Gasteiger partial charge in [0.1, 0.15) is 5.75 Å². The molecule has 4 nitrogen and oxygen atoms in total. The summed E-state index contributed by atoms with van der Waals surface area (Å²) in [5.74, 6) is 0.903. The van der Waals surface area contributed by atoms with Gasteiger partial charge in [0.15, 0.2) is 0 Å². The van der Waals surface area contributed by atoms with Crippen LogP contribution in [0, 0.1) is 11.3 Å². The Hall–Kier alpha value is -2.35. The summed E-state index contributed by atoms with van der Waals surface area (Å²) in [7, 11) is 1.69. The van der Waals surface area contributed by atoms with Crippen molar-refractivity contribution in [2.24, 2.45) is 0 Å². The molecular formula is C20H23N3O. The predicted molar refractivity (Wildman–Crippen MR) is 94.7 cm³/mol. The van der Waals surface area contributed by atoms with Gasteiger partial charge in [0.05, 0.1) is 18.7 Å². The fourth-order valence-corrected chi connectivity index (χ4v) is 3.10. The normalized spacial score (nSPS) is 15.8. The molecule has 0 amide bonds. The van der Waals surface area contributed by atoms with Crippen LogP contribution in [0.25, 0.3) is 0 Å². The molecule has 1 fully saturated rings. The molecule has 124 valence electrons. The maximum atomic E-state index is 9.21. The highest BCUT2D eigenvalue weighted by Gasteiger charge is 2.18. The van der Waals surface area contributed by atoms with Crippen LogP contribution in [0.1, 0.15) is 16.7 Å². The standard InChI is InChI=1S/C20H23N3O/c1-24-20-8-6-17(7-9-20)15-22-10-12-23(13-11-22)16-19-5-3-2-4-18(19)14-21/h2-9H,10-13,15-16H2,1H3. The third-order valence-electron chi connectivity index (χ3n) is 4.56. The van der Waals surface area contributed by atoms with Crippen LogP contribution in [0.3, 0.4) is 0 Å². The molecule has 1 heterocycles. The summed E-state index contributed by atoms with van der Waals surface area (Å²) < 4.78 is 5.21. The highest BCUT2D eigenvalue weighted by atomic mass is 16.5. The van der Waals surface area contributed by atoms with Gasteiger partial charge in [-0.15, -0.1) is 0 Å². The van der Waals surface area contributed by atoms with E-state index in [9.17, 15) is 5.26 Å². The van der Waals surface area contributed by atoms with E-state index >= 15 is 0 Å². The molecule has 3 rings (SSSR count). The predicted octanol–water partition coefficient (Wildman–Crippen LogP) is 2.88. The van der Waals surface area contributed by atoms with Crippen molar-refractivity contribution in [3.63, 3.8) is 0 Å². The van der Waals surface area contributed by atoms with E-state index in [1.807, 2.05) is 30.3 Å². The first-order chi connectivity index (χ1) is 11.8. The second kappa shape index (κ2) is 7.96. The molecule has 1 saturated heterocycles. The van der Waals surface area contributed by atoms with Crippen molar-refractivity contribution in [3.8, 4) is 11.8 Å². The quantitative estimate of drug-likeness (QED) is 0.849. The van der Waals surface area contributed by atoms with Crippen LogP contribution in [0.15, 0.2) is 48.5 Å². The zero-order valence-corrected chi connectivity index (χ0v) is 14.1. The second-order valence-corrected chi connectivity index (χ2v) is 6.17. The van der Waals surface area contributed by atoms with E-state index in [4.69, 9.17) is 4.74 Å². The molecular weight excluding hydrogens is 298 g/mol. The van der Waals surface area contributed by atoms with Crippen LogP contribution in [0.2, 0.25) is 0 Å². The van der Waals surface area contributed by atoms with Gasteiger partial charge in [-0.25, -0.2) is 0 Å². The average Bonchev–Trinajstić information content (AvgIpc) is 2.64. The van der Waals surface area contributed by atoms with E-state index in [0.717, 1.165) is 56.1 Å². The Balaban J connectivity index is 1.51. The van der Waals surface area contributed by atoms with Crippen LogP contribution in [-0.4, -0.2) is 43.1 Å². The summed E-state index contributed by atoms with van der Waals surface area (Å²) in [6.07, 6.45) is 0. The van der Waals surface area contributed by atoms with Crippen molar-refractivity contribution in [2.45, 2.75) is 13.1 Å². The lowest BCUT2D eigenvalue weighted by Gasteiger charge is -2.34. The molecule has 4 heteroatoms. The van der Waals surface area contributed by atoms with Gasteiger partial charge in [-0.05, 0) is 29.3 Å². The minimum Gasteiger partial charge on any atom is -0.497 e. The van der Waals surface area contributed by atoms with Crippen molar-refractivity contribution in [1.82, 2.24) is 9.80 Å². The molecule has 0 aliphatic carbocycles. The third-order valence-corrected chi connectivity index (χ3v) is 4.56. The molecule has 0 unspecified atom stereocenters. The lowest BCUT2D eigenvalue weighted by molar-refractivity contribution is 0.122. The smallest absolute Gasteiger partial charge is 0.118 e. The van der Waals surface area contributed by atoms with Gasteiger partial charge in [-0.2, -0.15) is 5.26 Å². The Labute approximate surface area is 143 Å². The summed E-state index contributed by atoms with van der Waals surface area (Å²) in [5, 5.41) is 9.21. The number of methoxy groups -OCH3 is 1. The molecule has 0 saturated carbocycles. The van der Waals surface area contributed by atoms with E-state index < -0.39 is 0 Å². The van der Waals surface area contributed by atoms with Gasteiger partial charge in [0.2, 0.25) is 0 Å². The highest BCUT2D eigenvalue weighted by molar-refractivity contribution is 5.37. The molecule has 24 heavy (non-hydrogen) atoms. The van der Waals surface area contributed by atoms with Gasteiger partial charge < -0.3 is 4.74 Å². The topological polar surface area (TPSA) is 39.5 Å². The molecule has 0 N–H and O–H groups in total. The molecule has 1 aliphatic heterocycles. The first-order valence-electron chi connectivity index (χ1n) is 8.34. The summed E-state index contributed by atoms with van der Waals surface area (Å²) in [5.41, 5.74) is 3.24. The fourth-order valence-electron chi connectivity index (χ4n) is 3.10. The van der Waals surface area contributed by atoms with Crippen molar-refractivity contribution in [1.29, 1.82) is 5.26 Å². The number of ether oxygens (including phenoxy) is 1. The van der Waals surface area contributed by atoms with E-state index in [0.29, 0.717) is 0 Å². The van der Waals surface area contributed by atoms with Crippen molar-refractivity contribution < 1.29 is 4.74 Å². The van der Waals surface area contributed by atoms with Crippen molar-refractivity contribution in [3.05, 3.63) is 65.2 Å². The van der Waals surface area contributed by atoms with Crippen LogP contribution in [0.5, 0.6) is 5.75 Å². The largest absolute Gasteiger partial charge is 0.497 e. The van der Waals surface area contributed by atoms with Crippen molar-refractivity contribution >= 4 is 0 Å². The lowest BCUT2D eigenvalue weighted by atomic mass is 10.1. The second-order valence-electron chi connectivity index (χ2n) is 6.17. The number of hydrogen-bond donors (Lipinski definition) is 0. The monoisotopic (exact) mass is 321 g/mol. The number of benzene rings is 2. The number of piperazine rings is 1. The van der Waals surface area contributed by atoms with E-state index in [1.165, 1.54) is 5.56 Å². The first kappa shape index (κ1) is 16.5. The fraction of sp³-hybridized carbons (Fsp3) is 0.350. The Morgan fingerprint density at radius 1 is 0.917 bits per heavy atom. The Morgan fingerprint density at radius 3 is 2.17 bits per heavy atom. The number of nitrogens with zero attached hydrogens (tertiary/aromatic N) is 3. The zero-order chi connectivity index (χ0) is 16.8. The SMILES string of the molecule is COc1ccc(CN2CCN(Cc3ccccc3C#N)CC2)cc1. The van der Waals surface area contributed by atoms with Crippen molar-refractivity contribution in [2.75, 3.05) is 33.3 Å². The van der Waals surface area contributed by atoms with Crippen LogP contribution >= 0.6 is 0 Å². The molecule has 0 spiro atoms. The summed E-state index contributed by atoms with van der Waals surface area (Å²) in [6.45, 7) is 6.03. The summed E-state index contributed by atoms with van der Waals surface area (Å²) >= 11 is 0. The third kappa shape index (κ3) is 4.14. The van der Waals surface area contributed by atoms with Crippen LogP contribution in [0.4, 0.5) is 0 Å². The molecule has 1 aliphatic rings. The first-order valence-corrected chi connectivity index (χ1v) is 8.34. The number of rotatable bonds is 5. The minimum atomic E-state index is 0.790. The highest BCUT2D eigenvalue weighted by Crippen LogP contribution is 2.16. The van der Waals surface area contributed by atoms with Gasteiger partial charge >= 0.3 is 0 Å². The molecule has 0 radical (unpaired) electrons. The van der Waals surface area contributed by atoms with E-state index in [-0.39, 0.29) is 0 Å². The Bertz CT molecular complexity index is 698. The van der Waals surface area contributed by atoms with Gasteiger partial charge in [0, 0.05) is 39.3 Å². The summed E-state index contributed by atoms with van der Waals surface area (Å²) in [4.78, 5) is 4.91. The molecule has 0 atom stereocenters. The molecule has 2 aromatic rings. The van der Waals surface area contributed by atoms with Gasteiger partial charge in [0.25, 0.3) is 0 Å². The molecule has 2 aromatic carbocycles. The van der Waals surface area contributed by atoms with Crippen LogP contribution < -0.4 is 4.74 Å². The Kier molecular flexibility index (Phi) is 5.47. The molecule has 0 bridgehead atoms. The van der Waals surface area contributed by atoms with Gasteiger partial charge in [-0.1, -0.05) is 30.3 Å². The molecule has 0 aromatic heterocycles. The van der Waals surface area contributed by atoms with Gasteiger partial charge in [-0.3, -0.25) is 9.80 Å². The number of nitriles is 1. The number of hydrogen-bond acceptors (Lipinski definition) is 4. The zero-order valence-electron chi connectivity index (χ0n) is 14.1. The average molecular weight is 321 g/mol. The van der Waals surface area contributed by atoms with E-state index in [2.05, 4.69) is 34.1 Å². The van der Waals surface area contributed by atoms with E-state index in [1.54, 1.807) is 7.11 Å². The minimum absolute atomic E-state index is 0.790. The summed E-state index contributed by atoms with van der Waals surface area (Å²) in [6, 6.07) is 18.5. The lowest BCUT2D eigenvalue weighted by Crippen LogP contribution is -2.45. The van der Waals surface area contributed by atoms with Crippen LogP contribution in [-0.2, 0) is 13.1 Å². The maximum Gasteiger partial charge on any atom is 0.118 e.